The monoisotopic (exact) mass is 450 g/mol. The molecule has 0 saturated carbocycles. The van der Waals surface area contributed by atoms with Gasteiger partial charge in [0.25, 0.3) is 0 Å². The van der Waals surface area contributed by atoms with Gasteiger partial charge in [-0.2, -0.15) is 0 Å². The maximum atomic E-state index is 12.3. The van der Waals surface area contributed by atoms with Crippen molar-refractivity contribution in [3.63, 3.8) is 0 Å². The molecule has 7 heteroatoms. The third kappa shape index (κ3) is 7.60. The van der Waals surface area contributed by atoms with Gasteiger partial charge in [0.15, 0.2) is 0 Å². The zero-order chi connectivity index (χ0) is 24.2. The lowest BCUT2D eigenvalue weighted by Gasteiger charge is -2.32. The van der Waals surface area contributed by atoms with E-state index in [9.17, 15) is 9.59 Å². The maximum absolute atomic E-state index is 12.3. The molecule has 1 rings (SSSR count). The lowest BCUT2D eigenvalue weighted by Crippen LogP contribution is -2.30. The topological polar surface area (TPSA) is 77.3 Å². The molecule has 0 bridgehead atoms. The van der Waals surface area contributed by atoms with Gasteiger partial charge in [-0.3, -0.25) is 0 Å². The third-order valence-electron chi connectivity index (χ3n) is 4.68. The van der Waals surface area contributed by atoms with Gasteiger partial charge in [-0.15, -0.1) is 9.49 Å². The van der Waals surface area contributed by atoms with Crippen molar-refractivity contribution in [2.24, 2.45) is 9.49 Å². The molecule has 6 nitrogen and oxygen atoms in total. The number of amides is 2. The lowest BCUT2D eigenvalue weighted by molar-refractivity contribution is 0.164. The zero-order valence-corrected chi connectivity index (χ0v) is 21.9. The van der Waals surface area contributed by atoms with Crippen LogP contribution in [0.2, 0.25) is 0 Å². The highest BCUT2D eigenvalue weighted by Crippen LogP contribution is 2.38. The van der Waals surface area contributed by atoms with E-state index in [0.29, 0.717) is 0 Å². The van der Waals surface area contributed by atoms with E-state index in [4.69, 9.17) is 9.47 Å². The Balaban J connectivity index is 4.18. The van der Waals surface area contributed by atoms with Crippen LogP contribution >= 0.6 is 7.51 Å². The van der Waals surface area contributed by atoms with E-state index in [1.54, 1.807) is 13.8 Å². The highest BCUT2D eigenvalue weighted by Gasteiger charge is 2.30. The second kappa shape index (κ2) is 10.1. The minimum absolute atomic E-state index is 0.0716. The molecule has 1 aromatic carbocycles. The van der Waals surface area contributed by atoms with Gasteiger partial charge in [0.1, 0.15) is 7.51 Å². The molecule has 0 atom stereocenters. The first kappa shape index (κ1) is 27.1. The summed E-state index contributed by atoms with van der Waals surface area (Å²) in [5.41, 5.74) is 2.65. The molecule has 0 aliphatic rings. The number of benzene rings is 1. The largest absolute Gasteiger partial charge is 0.448 e. The van der Waals surface area contributed by atoms with Gasteiger partial charge >= 0.3 is 12.2 Å². The first-order valence-electron chi connectivity index (χ1n) is 10.8. The Morgan fingerprint density at radius 2 is 1.10 bits per heavy atom. The van der Waals surface area contributed by atoms with Gasteiger partial charge in [-0.25, -0.2) is 9.59 Å². The summed E-state index contributed by atoms with van der Waals surface area (Å²) >= 11 is 0. The summed E-state index contributed by atoms with van der Waals surface area (Å²) in [4.78, 5) is 24.7. The number of nitrogens with zero attached hydrogens (tertiary/aromatic N) is 2. The van der Waals surface area contributed by atoms with Crippen LogP contribution in [0.25, 0.3) is 0 Å². The number of carbonyl (C=O) groups excluding carboxylic acids is 2. The quantitative estimate of drug-likeness (QED) is 0.451. The van der Waals surface area contributed by atoms with E-state index in [0.717, 1.165) is 16.4 Å². The first-order valence-corrected chi connectivity index (χ1v) is 12.0. The highest BCUT2D eigenvalue weighted by molar-refractivity contribution is 7.47. The lowest BCUT2D eigenvalue weighted by atomic mass is 9.75. The molecule has 0 aliphatic carbocycles. The van der Waals surface area contributed by atoms with Crippen LogP contribution in [0.3, 0.4) is 0 Å². The predicted octanol–water partition coefficient (Wildman–Crippen LogP) is 7.37. The Labute approximate surface area is 188 Å². The summed E-state index contributed by atoms with van der Waals surface area (Å²) < 4.78 is 18.6. The van der Waals surface area contributed by atoms with Crippen LogP contribution in [-0.2, 0) is 25.7 Å². The number of ether oxygens (including phenoxy) is 2. The van der Waals surface area contributed by atoms with E-state index in [1.165, 1.54) is 5.56 Å². The molecule has 0 saturated heterocycles. The minimum atomic E-state index is -1.88. The summed E-state index contributed by atoms with van der Waals surface area (Å²) in [5, 5.41) is 0.823. The Hall–Kier alpha value is -1.94. The van der Waals surface area contributed by atoms with Crippen molar-refractivity contribution in [1.82, 2.24) is 0 Å². The van der Waals surface area contributed by atoms with Crippen LogP contribution in [0.4, 0.5) is 9.59 Å². The third-order valence-corrected chi connectivity index (χ3v) is 6.27. The van der Waals surface area contributed by atoms with Crippen molar-refractivity contribution in [2.45, 2.75) is 92.4 Å². The van der Waals surface area contributed by atoms with Crippen LogP contribution in [0, 0.1) is 0 Å². The number of carbonyl (C=O) groups is 2. The van der Waals surface area contributed by atoms with Crippen molar-refractivity contribution in [2.75, 3.05) is 13.2 Å². The average molecular weight is 451 g/mol. The Morgan fingerprint density at radius 1 is 0.742 bits per heavy atom. The summed E-state index contributed by atoms with van der Waals surface area (Å²) in [6.07, 6.45) is -1.44. The molecule has 174 valence electrons. The number of hydrogen-bond donors (Lipinski definition) is 0. The predicted molar refractivity (Wildman–Crippen MR) is 128 cm³/mol. The van der Waals surface area contributed by atoms with Gasteiger partial charge < -0.3 is 9.47 Å². The van der Waals surface area contributed by atoms with E-state index >= 15 is 0 Å². The van der Waals surface area contributed by atoms with Crippen LogP contribution < -0.4 is 5.30 Å². The van der Waals surface area contributed by atoms with E-state index in [2.05, 4.69) is 83.9 Å². The summed E-state index contributed by atoms with van der Waals surface area (Å²) in [6.45, 7) is 23.1. The molecule has 0 unspecified atom stereocenters. The Bertz CT molecular complexity index is 846. The molecule has 0 spiro atoms. The maximum Gasteiger partial charge on any atom is 0.438 e. The van der Waals surface area contributed by atoms with Gasteiger partial charge in [0, 0.05) is 5.30 Å². The molecule has 0 aliphatic heterocycles. The normalized spacial score (nSPS) is 13.3. The molecule has 0 fully saturated rings. The number of rotatable bonds is 3. The average Bonchev–Trinajstić information content (AvgIpc) is 2.58. The standard InChI is InChI=1S/C24H39N2O4P/c1-12-29-20(27)25-31(26-21(28)30-13-2)19-17(23(6,7)8)14-16(22(3,4)5)15-18(19)24(9,10)11/h14-15H,12-13H2,1-11H3. The van der Waals surface area contributed by atoms with Crippen molar-refractivity contribution in [3.05, 3.63) is 28.8 Å². The van der Waals surface area contributed by atoms with Crippen molar-refractivity contribution in [1.29, 1.82) is 0 Å². The van der Waals surface area contributed by atoms with Gasteiger partial charge in [-0.05, 0) is 46.8 Å². The molecular formula is C24H39N2O4P. The molecule has 31 heavy (non-hydrogen) atoms. The Morgan fingerprint density at radius 3 is 1.35 bits per heavy atom. The summed E-state index contributed by atoms with van der Waals surface area (Å²) in [7, 11) is -1.88. The van der Waals surface area contributed by atoms with E-state index < -0.39 is 19.7 Å². The van der Waals surface area contributed by atoms with Crippen LogP contribution in [0.15, 0.2) is 21.6 Å². The van der Waals surface area contributed by atoms with Crippen LogP contribution in [0.1, 0.15) is 92.9 Å². The van der Waals surface area contributed by atoms with E-state index in [-0.39, 0.29) is 29.5 Å². The second-order valence-electron chi connectivity index (χ2n) is 10.6. The second-order valence-corrected chi connectivity index (χ2v) is 12.0. The van der Waals surface area contributed by atoms with Crippen molar-refractivity contribution < 1.29 is 19.1 Å². The fourth-order valence-electron chi connectivity index (χ4n) is 3.01. The molecule has 0 heterocycles. The van der Waals surface area contributed by atoms with Gasteiger partial charge in [0.05, 0.1) is 13.2 Å². The number of hydrogen-bond acceptors (Lipinski definition) is 4. The molecule has 1 aromatic rings. The first-order chi connectivity index (χ1) is 14.0. The van der Waals surface area contributed by atoms with Crippen LogP contribution in [0.5, 0.6) is 0 Å². The minimum Gasteiger partial charge on any atom is -0.448 e. The highest BCUT2D eigenvalue weighted by atomic mass is 31.1. The molecule has 0 radical (unpaired) electrons. The fourth-order valence-corrected chi connectivity index (χ4v) is 4.91. The SMILES string of the molecule is CCOC(=O)N=P(=NC(=O)OCC)c1c(C(C)(C)C)cc(C(C)(C)C)cc1C(C)(C)C. The zero-order valence-electron chi connectivity index (χ0n) is 21.0. The molecule has 0 aromatic heterocycles. The molecular weight excluding hydrogens is 411 g/mol. The van der Waals surface area contributed by atoms with Crippen molar-refractivity contribution >= 4 is 25.0 Å². The molecule has 0 N–H and O–H groups in total. The molecule has 2 amide bonds. The summed E-state index contributed by atoms with van der Waals surface area (Å²) in [5.74, 6) is 0. The van der Waals surface area contributed by atoms with Gasteiger partial charge in [0.2, 0.25) is 0 Å². The van der Waals surface area contributed by atoms with Crippen molar-refractivity contribution in [3.8, 4) is 0 Å². The van der Waals surface area contributed by atoms with Gasteiger partial charge in [-0.1, -0.05) is 74.4 Å². The van der Waals surface area contributed by atoms with Crippen LogP contribution in [-0.4, -0.2) is 25.4 Å². The fraction of sp³-hybridized carbons (Fsp3) is 0.667. The van der Waals surface area contributed by atoms with E-state index in [1.807, 2.05) is 0 Å². The smallest absolute Gasteiger partial charge is 0.438 e. The Kier molecular flexibility index (Phi) is 8.84. The summed E-state index contributed by atoms with van der Waals surface area (Å²) in [6, 6.07) is 4.34.